The number of fused-ring (bicyclic) bond motifs is 1. The SMILES string of the molecule is CCOC(=O)c1cc(OCC)c2c(C(=O)NC)cn(C3CC3)c2c1. The zero-order valence-corrected chi connectivity index (χ0v) is 14.2. The first kappa shape index (κ1) is 16.4. The molecule has 3 rings (SSSR count). The summed E-state index contributed by atoms with van der Waals surface area (Å²) >= 11 is 0. The molecule has 1 aromatic carbocycles. The van der Waals surface area contributed by atoms with Crippen molar-refractivity contribution in [3.8, 4) is 5.75 Å². The van der Waals surface area contributed by atoms with E-state index in [2.05, 4.69) is 9.88 Å². The van der Waals surface area contributed by atoms with E-state index in [1.165, 1.54) is 0 Å². The van der Waals surface area contributed by atoms with Gasteiger partial charge < -0.3 is 19.4 Å². The summed E-state index contributed by atoms with van der Waals surface area (Å²) in [5, 5.41) is 3.42. The first-order chi connectivity index (χ1) is 11.6. The largest absolute Gasteiger partial charge is 0.493 e. The lowest BCUT2D eigenvalue weighted by molar-refractivity contribution is 0.0526. The molecule has 1 aromatic heterocycles. The number of carbonyl (C=O) groups is 2. The first-order valence-corrected chi connectivity index (χ1v) is 8.31. The molecule has 6 nitrogen and oxygen atoms in total. The molecule has 0 saturated heterocycles. The van der Waals surface area contributed by atoms with E-state index in [0.717, 1.165) is 23.7 Å². The molecule has 0 atom stereocenters. The number of hydrogen-bond acceptors (Lipinski definition) is 4. The van der Waals surface area contributed by atoms with Crippen LogP contribution in [0.15, 0.2) is 18.3 Å². The second-order valence-electron chi connectivity index (χ2n) is 5.78. The predicted molar refractivity (Wildman–Crippen MR) is 90.7 cm³/mol. The number of aromatic nitrogens is 1. The number of nitrogens with one attached hydrogen (secondary N) is 1. The van der Waals surface area contributed by atoms with Crippen LogP contribution in [0.3, 0.4) is 0 Å². The van der Waals surface area contributed by atoms with Crippen LogP contribution >= 0.6 is 0 Å². The lowest BCUT2D eigenvalue weighted by Gasteiger charge is -2.11. The topological polar surface area (TPSA) is 69.6 Å². The Morgan fingerprint density at radius 2 is 2.00 bits per heavy atom. The Labute approximate surface area is 140 Å². The van der Waals surface area contributed by atoms with Crippen molar-refractivity contribution in [2.45, 2.75) is 32.7 Å². The Kier molecular flexibility index (Phi) is 4.46. The van der Waals surface area contributed by atoms with Crippen molar-refractivity contribution in [1.82, 2.24) is 9.88 Å². The molecule has 1 amide bonds. The molecule has 1 aliphatic carbocycles. The highest BCUT2D eigenvalue weighted by Gasteiger charge is 2.29. The van der Waals surface area contributed by atoms with Gasteiger partial charge >= 0.3 is 5.97 Å². The molecule has 1 fully saturated rings. The van der Waals surface area contributed by atoms with Crippen LogP contribution in [0.25, 0.3) is 10.9 Å². The van der Waals surface area contributed by atoms with E-state index in [4.69, 9.17) is 9.47 Å². The third kappa shape index (κ3) is 2.84. The van der Waals surface area contributed by atoms with E-state index in [1.807, 2.05) is 13.1 Å². The molecule has 6 heteroatoms. The number of ether oxygens (including phenoxy) is 2. The van der Waals surface area contributed by atoms with Gasteiger partial charge in [-0.25, -0.2) is 4.79 Å². The minimum atomic E-state index is -0.384. The molecule has 128 valence electrons. The van der Waals surface area contributed by atoms with Gasteiger partial charge in [-0.15, -0.1) is 0 Å². The van der Waals surface area contributed by atoms with E-state index in [1.54, 1.807) is 26.1 Å². The van der Waals surface area contributed by atoms with Crippen LogP contribution in [0.1, 0.15) is 53.4 Å². The van der Waals surface area contributed by atoms with E-state index < -0.39 is 0 Å². The monoisotopic (exact) mass is 330 g/mol. The summed E-state index contributed by atoms with van der Waals surface area (Å²) in [6, 6.07) is 3.83. The maximum Gasteiger partial charge on any atom is 0.338 e. The fraction of sp³-hybridized carbons (Fsp3) is 0.444. The second kappa shape index (κ2) is 6.55. The third-order valence-electron chi connectivity index (χ3n) is 4.12. The summed E-state index contributed by atoms with van der Waals surface area (Å²) in [7, 11) is 1.61. The second-order valence-corrected chi connectivity index (χ2v) is 5.78. The quantitative estimate of drug-likeness (QED) is 0.827. The van der Waals surface area contributed by atoms with E-state index in [-0.39, 0.29) is 11.9 Å². The minimum Gasteiger partial charge on any atom is -0.493 e. The highest BCUT2D eigenvalue weighted by Crippen LogP contribution is 2.42. The molecule has 24 heavy (non-hydrogen) atoms. The molecular formula is C18H22N2O4. The molecule has 1 aliphatic rings. The van der Waals surface area contributed by atoms with E-state index >= 15 is 0 Å². The number of esters is 1. The van der Waals surface area contributed by atoms with E-state index in [9.17, 15) is 9.59 Å². The lowest BCUT2D eigenvalue weighted by Crippen LogP contribution is -2.17. The van der Waals surface area contributed by atoms with Crippen LogP contribution in [0.4, 0.5) is 0 Å². The molecule has 0 bridgehead atoms. The van der Waals surface area contributed by atoms with Crippen molar-refractivity contribution >= 4 is 22.8 Å². The summed E-state index contributed by atoms with van der Waals surface area (Å²) < 4.78 is 12.9. The lowest BCUT2D eigenvalue weighted by atomic mass is 10.1. The van der Waals surface area contributed by atoms with Crippen LogP contribution in [0, 0.1) is 0 Å². The number of hydrogen-bond donors (Lipinski definition) is 1. The summed E-state index contributed by atoms with van der Waals surface area (Å²) in [5.74, 6) is -0.00863. The van der Waals surface area contributed by atoms with Gasteiger partial charge in [0.25, 0.3) is 5.91 Å². The maximum atomic E-state index is 12.3. The molecule has 0 spiro atoms. The van der Waals surface area contributed by atoms with Gasteiger partial charge in [0.05, 0.1) is 35.2 Å². The average Bonchev–Trinajstić information content (AvgIpc) is 3.35. The minimum absolute atomic E-state index is 0.163. The van der Waals surface area contributed by atoms with Gasteiger partial charge in [0, 0.05) is 19.3 Å². The normalized spacial score (nSPS) is 13.8. The first-order valence-electron chi connectivity index (χ1n) is 8.31. The smallest absolute Gasteiger partial charge is 0.338 e. The molecule has 0 unspecified atom stereocenters. The molecule has 1 heterocycles. The van der Waals surface area contributed by atoms with Gasteiger partial charge in [-0.05, 0) is 38.8 Å². The number of rotatable bonds is 6. The van der Waals surface area contributed by atoms with Gasteiger partial charge in [0.2, 0.25) is 0 Å². The van der Waals surface area contributed by atoms with Crippen molar-refractivity contribution in [3.05, 3.63) is 29.5 Å². The molecule has 0 aliphatic heterocycles. The zero-order chi connectivity index (χ0) is 17.3. The number of benzene rings is 1. The molecule has 2 aromatic rings. The Hall–Kier alpha value is -2.50. The highest BCUT2D eigenvalue weighted by atomic mass is 16.5. The molecule has 1 saturated carbocycles. The summed E-state index contributed by atoms with van der Waals surface area (Å²) in [6.07, 6.45) is 4.01. The van der Waals surface area contributed by atoms with Crippen molar-refractivity contribution < 1.29 is 19.1 Å². The Balaban J connectivity index is 2.24. The zero-order valence-electron chi connectivity index (χ0n) is 14.2. The number of carbonyl (C=O) groups excluding carboxylic acids is 2. The van der Waals surface area contributed by atoms with Gasteiger partial charge in [-0.1, -0.05) is 0 Å². The standard InChI is InChI=1S/C18H22N2O4/c1-4-23-15-9-11(18(22)24-5-2)8-14-16(15)13(17(21)19-3)10-20(14)12-6-7-12/h8-10,12H,4-7H2,1-3H3,(H,19,21). The van der Waals surface area contributed by atoms with Crippen molar-refractivity contribution in [1.29, 1.82) is 0 Å². The summed E-state index contributed by atoms with van der Waals surface area (Å²) in [5.41, 5.74) is 1.85. The van der Waals surface area contributed by atoms with Crippen LogP contribution in [-0.2, 0) is 4.74 Å². The van der Waals surface area contributed by atoms with Crippen LogP contribution in [-0.4, -0.2) is 36.7 Å². The average molecular weight is 330 g/mol. The maximum absolute atomic E-state index is 12.3. The van der Waals surface area contributed by atoms with Crippen LogP contribution in [0.5, 0.6) is 5.75 Å². The Morgan fingerprint density at radius 1 is 1.25 bits per heavy atom. The Morgan fingerprint density at radius 3 is 2.58 bits per heavy atom. The molecule has 0 radical (unpaired) electrons. The van der Waals surface area contributed by atoms with Gasteiger partial charge in [0.15, 0.2) is 0 Å². The molecule has 1 N–H and O–H groups in total. The summed E-state index contributed by atoms with van der Waals surface area (Å²) in [4.78, 5) is 24.5. The van der Waals surface area contributed by atoms with Gasteiger partial charge in [0.1, 0.15) is 5.75 Å². The predicted octanol–water partition coefficient (Wildman–Crippen LogP) is 2.91. The number of nitrogens with zero attached hydrogens (tertiary/aromatic N) is 1. The van der Waals surface area contributed by atoms with Crippen molar-refractivity contribution in [3.63, 3.8) is 0 Å². The van der Waals surface area contributed by atoms with Crippen LogP contribution in [0.2, 0.25) is 0 Å². The van der Waals surface area contributed by atoms with Crippen molar-refractivity contribution in [2.24, 2.45) is 0 Å². The summed E-state index contributed by atoms with van der Waals surface area (Å²) in [6.45, 7) is 4.41. The number of amides is 1. The fourth-order valence-electron chi connectivity index (χ4n) is 2.91. The Bertz CT molecular complexity index is 790. The third-order valence-corrected chi connectivity index (χ3v) is 4.12. The van der Waals surface area contributed by atoms with Crippen molar-refractivity contribution in [2.75, 3.05) is 20.3 Å². The highest BCUT2D eigenvalue weighted by molar-refractivity contribution is 6.10. The van der Waals surface area contributed by atoms with E-state index in [0.29, 0.717) is 36.1 Å². The van der Waals surface area contributed by atoms with Gasteiger partial charge in [-0.3, -0.25) is 4.79 Å². The van der Waals surface area contributed by atoms with Gasteiger partial charge in [-0.2, -0.15) is 0 Å². The molecular weight excluding hydrogens is 308 g/mol. The fourth-order valence-corrected chi connectivity index (χ4v) is 2.91. The van der Waals surface area contributed by atoms with Crippen LogP contribution < -0.4 is 10.1 Å².